The Morgan fingerprint density at radius 3 is 1.00 bits per heavy atom. The quantitative estimate of drug-likeness (QED) is 0.497. The first-order chi connectivity index (χ1) is 11.0. The SMILES string of the molecule is S=P(Cl)(C12CC3CC(CC(C3)C1)C2)C12CC3CC(CC(C3)C1)C2. The summed E-state index contributed by atoms with van der Waals surface area (Å²) < 4.78 is 0. The molecule has 0 amide bonds. The van der Waals surface area contributed by atoms with E-state index in [0.717, 1.165) is 35.5 Å². The maximum Gasteiger partial charge on any atom is 0.0505 e. The van der Waals surface area contributed by atoms with Crippen molar-refractivity contribution in [2.24, 2.45) is 35.5 Å². The highest BCUT2D eigenvalue weighted by molar-refractivity contribution is 8.28. The van der Waals surface area contributed by atoms with Crippen molar-refractivity contribution in [2.45, 2.75) is 87.4 Å². The van der Waals surface area contributed by atoms with Crippen molar-refractivity contribution < 1.29 is 0 Å². The molecule has 23 heavy (non-hydrogen) atoms. The van der Waals surface area contributed by atoms with Gasteiger partial charge in [0.05, 0.1) is 5.39 Å². The van der Waals surface area contributed by atoms with Crippen molar-refractivity contribution >= 4 is 28.4 Å². The summed E-state index contributed by atoms with van der Waals surface area (Å²) in [6, 6.07) is 0. The standard InChI is InChI=1S/C20H30ClPS/c21-22(23,19-7-13-1-14(8-19)3-15(2-13)9-19)20-10-16-4-17(11-20)6-18(5-16)12-20/h13-18H,1-12H2. The van der Waals surface area contributed by atoms with E-state index in [0.29, 0.717) is 10.3 Å². The predicted molar refractivity (Wildman–Crippen MR) is 102 cm³/mol. The van der Waals surface area contributed by atoms with Gasteiger partial charge in [-0.2, -0.15) is 0 Å². The molecule has 0 N–H and O–H groups in total. The number of rotatable bonds is 2. The molecule has 8 aliphatic rings. The van der Waals surface area contributed by atoms with Crippen molar-refractivity contribution in [1.29, 1.82) is 0 Å². The molecular formula is C20H30ClPS. The van der Waals surface area contributed by atoms with Crippen molar-refractivity contribution in [3.63, 3.8) is 0 Å². The highest BCUT2D eigenvalue weighted by Gasteiger charge is 2.65. The van der Waals surface area contributed by atoms with Gasteiger partial charge in [-0.05, 0) is 113 Å². The summed E-state index contributed by atoms with van der Waals surface area (Å²) in [6.07, 6.45) is 17.7. The molecule has 0 atom stereocenters. The van der Waals surface area contributed by atoms with Gasteiger partial charge in [0, 0.05) is 10.3 Å². The summed E-state index contributed by atoms with van der Waals surface area (Å²) in [5.74, 6) is 5.98. The maximum absolute atomic E-state index is 7.70. The summed E-state index contributed by atoms with van der Waals surface area (Å²) in [6.45, 7) is 0. The van der Waals surface area contributed by atoms with Crippen LogP contribution in [0.4, 0.5) is 0 Å². The summed E-state index contributed by atoms with van der Waals surface area (Å²) in [5.41, 5.74) is 0. The van der Waals surface area contributed by atoms with Gasteiger partial charge in [-0.25, -0.2) is 0 Å². The maximum atomic E-state index is 7.70. The number of hydrogen-bond acceptors (Lipinski definition) is 1. The number of hydrogen-bond donors (Lipinski definition) is 0. The summed E-state index contributed by atoms with van der Waals surface area (Å²) in [7, 11) is 0. The van der Waals surface area contributed by atoms with E-state index in [2.05, 4.69) is 0 Å². The Morgan fingerprint density at radius 1 is 0.565 bits per heavy atom. The average molecular weight is 369 g/mol. The summed E-state index contributed by atoms with van der Waals surface area (Å²) in [4.78, 5) is 0. The second-order valence-corrected chi connectivity index (χ2v) is 17.5. The molecule has 0 heterocycles. The third-order valence-corrected chi connectivity index (χ3v) is 17.2. The molecule has 0 aromatic carbocycles. The molecule has 0 nitrogen and oxygen atoms in total. The Kier molecular flexibility index (Phi) is 3.02. The van der Waals surface area contributed by atoms with Crippen LogP contribution >= 0.6 is 16.6 Å². The zero-order valence-electron chi connectivity index (χ0n) is 14.2. The second kappa shape index (κ2) is 4.61. The van der Waals surface area contributed by atoms with E-state index in [1.165, 1.54) is 77.0 Å². The minimum atomic E-state index is -1.79. The van der Waals surface area contributed by atoms with Crippen LogP contribution in [0.1, 0.15) is 77.0 Å². The van der Waals surface area contributed by atoms with E-state index in [4.69, 9.17) is 23.0 Å². The molecule has 8 fully saturated rings. The molecule has 0 saturated heterocycles. The van der Waals surface area contributed by atoms with Crippen LogP contribution in [0.3, 0.4) is 0 Å². The Hall–Kier alpha value is 0.940. The molecule has 0 radical (unpaired) electrons. The van der Waals surface area contributed by atoms with Gasteiger partial charge in [-0.3, -0.25) is 0 Å². The van der Waals surface area contributed by atoms with Crippen molar-refractivity contribution in [1.82, 2.24) is 0 Å². The molecule has 8 saturated carbocycles. The molecule has 8 aliphatic carbocycles. The normalized spacial score (nSPS) is 61.8. The first-order valence-corrected chi connectivity index (χ1v) is 14.0. The van der Waals surface area contributed by atoms with Crippen LogP contribution in [0.25, 0.3) is 0 Å². The molecular weight excluding hydrogens is 339 g/mol. The molecule has 0 spiro atoms. The van der Waals surface area contributed by atoms with Gasteiger partial charge >= 0.3 is 0 Å². The third-order valence-electron chi connectivity index (χ3n) is 9.23. The van der Waals surface area contributed by atoms with Crippen LogP contribution in [0, 0.1) is 35.5 Å². The van der Waals surface area contributed by atoms with Gasteiger partial charge < -0.3 is 0 Å². The molecule has 8 bridgehead atoms. The zero-order valence-corrected chi connectivity index (χ0v) is 16.6. The Labute approximate surface area is 151 Å². The Balaban J connectivity index is 1.42. The summed E-state index contributed by atoms with van der Waals surface area (Å²) >= 11 is 14.3. The van der Waals surface area contributed by atoms with E-state index >= 15 is 0 Å². The summed E-state index contributed by atoms with van der Waals surface area (Å²) in [5, 5.41) is -0.916. The lowest BCUT2D eigenvalue weighted by Crippen LogP contribution is -2.56. The van der Waals surface area contributed by atoms with Gasteiger partial charge in [0.15, 0.2) is 0 Å². The van der Waals surface area contributed by atoms with Gasteiger partial charge in [-0.1, -0.05) is 23.0 Å². The van der Waals surface area contributed by atoms with Crippen molar-refractivity contribution in [2.75, 3.05) is 0 Å². The fourth-order valence-corrected chi connectivity index (χ4v) is 15.9. The van der Waals surface area contributed by atoms with Crippen LogP contribution < -0.4 is 0 Å². The van der Waals surface area contributed by atoms with Crippen LogP contribution in [0.2, 0.25) is 0 Å². The lowest BCUT2D eigenvalue weighted by Gasteiger charge is -2.67. The Morgan fingerprint density at radius 2 is 0.783 bits per heavy atom. The van der Waals surface area contributed by atoms with Crippen molar-refractivity contribution in [3.8, 4) is 0 Å². The first kappa shape index (κ1) is 15.0. The monoisotopic (exact) mass is 368 g/mol. The van der Waals surface area contributed by atoms with Gasteiger partial charge in [0.1, 0.15) is 0 Å². The fourth-order valence-electron chi connectivity index (χ4n) is 9.34. The fraction of sp³-hybridized carbons (Fsp3) is 1.00. The van der Waals surface area contributed by atoms with E-state index < -0.39 is 5.39 Å². The second-order valence-electron chi connectivity index (χ2n) is 10.8. The highest BCUT2D eigenvalue weighted by Crippen LogP contribution is 2.85. The topological polar surface area (TPSA) is 0 Å². The predicted octanol–water partition coefficient (Wildman–Crippen LogP) is 6.56. The minimum Gasteiger partial charge on any atom is -0.0844 e. The third kappa shape index (κ3) is 1.89. The lowest BCUT2D eigenvalue weighted by molar-refractivity contribution is 0.0197. The number of halogens is 1. The van der Waals surface area contributed by atoms with Crippen LogP contribution in [-0.2, 0) is 11.8 Å². The molecule has 0 aromatic heterocycles. The largest absolute Gasteiger partial charge is 0.0844 e. The van der Waals surface area contributed by atoms with Crippen molar-refractivity contribution in [3.05, 3.63) is 0 Å². The highest BCUT2D eigenvalue weighted by atomic mass is 35.7. The zero-order chi connectivity index (χ0) is 15.4. The molecule has 3 heteroatoms. The van der Waals surface area contributed by atoms with E-state index in [1.54, 1.807) is 0 Å². The van der Waals surface area contributed by atoms with E-state index in [1.807, 2.05) is 0 Å². The van der Waals surface area contributed by atoms with Crippen LogP contribution in [-0.4, -0.2) is 10.3 Å². The molecule has 0 unspecified atom stereocenters. The molecule has 8 rings (SSSR count). The molecule has 0 aromatic rings. The smallest absolute Gasteiger partial charge is 0.0505 e. The first-order valence-electron chi connectivity index (χ1n) is 10.3. The van der Waals surface area contributed by atoms with Gasteiger partial charge in [0.2, 0.25) is 0 Å². The molecule has 0 aliphatic heterocycles. The molecule has 128 valence electrons. The van der Waals surface area contributed by atoms with E-state index in [9.17, 15) is 0 Å². The van der Waals surface area contributed by atoms with Gasteiger partial charge in [0.25, 0.3) is 0 Å². The lowest BCUT2D eigenvalue weighted by atomic mass is 9.55. The van der Waals surface area contributed by atoms with E-state index in [-0.39, 0.29) is 0 Å². The average Bonchev–Trinajstić information content (AvgIpc) is 2.44. The Bertz CT molecular complexity index is 478. The minimum absolute atomic E-state index is 0.435. The van der Waals surface area contributed by atoms with Crippen LogP contribution in [0.15, 0.2) is 0 Å². The van der Waals surface area contributed by atoms with Gasteiger partial charge in [-0.15, -0.1) is 0 Å². The van der Waals surface area contributed by atoms with Crippen LogP contribution in [0.5, 0.6) is 0 Å².